The summed E-state index contributed by atoms with van der Waals surface area (Å²) >= 11 is 0. The zero-order valence-corrected chi connectivity index (χ0v) is 17.1. The molecule has 3 N–H and O–H groups in total. The van der Waals surface area contributed by atoms with Gasteiger partial charge in [0.1, 0.15) is 5.82 Å². The predicted octanol–water partition coefficient (Wildman–Crippen LogP) is 4.26. The van der Waals surface area contributed by atoms with E-state index in [0.29, 0.717) is 23.8 Å². The van der Waals surface area contributed by atoms with E-state index >= 15 is 0 Å². The molecule has 5 nitrogen and oxygen atoms in total. The molecule has 5 heteroatoms. The Morgan fingerprint density at radius 1 is 0.967 bits per heavy atom. The number of aromatic nitrogens is 2. The Bertz CT molecular complexity index is 984. The van der Waals surface area contributed by atoms with Crippen LogP contribution in [0.2, 0.25) is 0 Å². The molecule has 4 heterocycles. The number of nitrogens with one attached hydrogen (secondary N) is 1. The van der Waals surface area contributed by atoms with Gasteiger partial charge in [0, 0.05) is 42.9 Å². The van der Waals surface area contributed by atoms with Gasteiger partial charge in [0.25, 0.3) is 0 Å². The standard InChI is InChI=1S/C25H28N4O/c26-25-23(19-5-9-27-10-6-19)13-22(16-29-25)18-3-1-17(2-4-18)20-8-12-30-24(14-20)21-7-11-28-15-21/h1-6,9-10,13,16,20-21,24,28H,7-8,11-12,14-15H2,(H2,26,29)/t20?,21-,24?/m0/s1. The Labute approximate surface area is 177 Å². The molecule has 2 unspecified atom stereocenters. The Hall–Kier alpha value is -2.76. The van der Waals surface area contributed by atoms with Crippen molar-refractivity contribution >= 4 is 5.82 Å². The van der Waals surface area contributed by atoms with E-state index in [4.69, 9.17) is 10.5 Å². The second-order valence-electron chi connectivity index (χ2n) is 8.40. The van der Waals surface area contributed by atoms with Gasteiger partial charge in [-0.2, -0.15) is 0 Å². The molecule has 2 saturated heterocycles. The van der Waals surface area contributed by atoms with Gasteiger partial charge in [0.05, 0.1) is 6.10 Å². The van der Waals surface area contributed by atoms with Gasteiger partial charge in [-0.25, -0.2) is 4.98 Å². The molecule has 0 saturated carbocycles. The minimum atomic E-state index is 0.391. The number of rotatable bonds is 4. The summed E-state index contributed by atoms with van der Waals surface area (Å²) in [6.07, 6.45) is 9.26. The second kappa shape index (κ2) is 8.54. The molecule has 2 aliphatic heterocycles. The summed E-state index contributed by atoms with van der Waals surface area (Å²) in [6, 6.07) is 15.0. The average Bonchev–Trinajstić information content (AvgIpc) is 3.35. The smallest absolute Gasteiger partial charge is 0.131 e. The average molecular weight is 401 g/mol. The van der Waals surface area contributed by atoms with Gasteiger partial charge in [0.2, 0.25) is 0 Å². The number of pyridine rings is 2. The molecule has 1 aromatic carbocycles. The van der Waals surface area contributed by atoms with Gasteiger partial charge in [-0.05, 0) is 72.5 Å². The van der Waals surface area contributed by atoms with Crippen molar-refractivity contribution in [3.05, 3.63) is 66.6 Å². The van der Waals surface area contributed by atoms with Crippen LogP contribution in [0, 0.1) is 5.92 Å². The number of anilines is 1. The maximum atomic E-state index is 6.14. The quantitative estimate of drug-likeness (QED) is 0.684. The lowest BCUT2D eigenvalue weighted by atomic mass is 9.83. The topological polar surface area (TPSA) is 73.1 Å². The lowest BCUT2D eigenvalue weighted by molar-refractivity contribution is -0.0241. The van der Waals surface area contributed by atoms with Crippen LogP contribution < -0.4 is 11.1 Å². The SMILES string of the molecule is Nc1ncc(-c2ccc(C3CCOC([C@H]4CCNC4)C3)cc2)cc1-c1ccncc1. The van der Waals surface area contributed by atoms with Crippen LogP contribution in [0.4, 0.5) is 5.82 Å². The van der Waals surface area contributed by atoms with Crippen molar-refractivity contribution in [2.45, 2.75) is 31.3 Å². The van der Waals surface area contributed by atoms with Crippen LogP contribution in [-0.2, 0) is 4.74 Å². The van der Waals surface area contributed by atoms with Crippen LogP contribution in [0.3, 0.4) is 0 Å². The van der Waals surface area contributed by atoms with E-state index in [1.165, 1.54) is 12.0 Å². The lowest BCUT2D eigenvalue weighted by Crippen LogP contribution is -2.32. The predicted molar refractivity (Wildman–Crippen MR) is 120 cm³/mol. The molecule has 2 fully saturated rings. The molecule has 2 aliphatic rings. The Balaban J connectivity index is 1.35. The van der Waals surface area contributed by atoms with Crippen molar-refractivity contribution in [1.82, 2.24) is 15.3 Å². The molecule has 0 spiro atoms. The molecule has 30 heavy (non-hydrogen) atoms. The Morgan fingerprint density at radius 2 is 1.80 bits per heavy atom. The van der Waals surface area contributed by atoms with Gasteiger partial charge in [0.15, 0.2) is 0 Å². The number of hydrogen-bond donors (Lipinski definition) is 2. The van der Waals surface area contributed by atoms with E-state index in [0.717, 1.165) is 54.8 Å². The van der Waals surface area contributed by atoms with Gasteiger partial charge in [-0.15, -0.1) is 0 Å². The molecule has 0 amide bonds. The Morgan fingerprint density at radius 3 is 2.57 bits per heavy atom. The van der Waals surface area contributed by atoms with E-state index in [2.05, 4.69) is 45.6 Å². The van der Waals surface area contributed by atoms with Crippen LogP contribution in [0.5, 0.6) is 0 Å². The van der Waals surface area contributed by atoms with Crippen LogP contribution in [0.1, 0.15) is 30.7 Å². The molecule has 0 bridgehead atoms. The molecule has 154 valence electrons. The van der Waals surface area contributed by atoms with Gasteiger partial charge >= 0.3 is 0 Å². The van der Waals surface area contributed by atoms with Crippen LogP contribution in [0.15, 0.2) is 61.1 Å². The fourth-order valence-corrected chi connectivity index (χ4v) is 4.80. The highest BCUT2D eigenvalue weighted by atomic mass is 16.5. The third kappa shape index (κ3) is 3.95. The summed E-state index contributed by atoms with van der Waals surface area (Å²) in [5, 5.41) is 3.47. The third-order valence-corrected chi connectivity index (χ3v) is 6.56. The largest absolute Gasteiger partial charge is 0.383 e. The van der Waals surface area contributed by atoms with Crippen molar-refractivity contribution in [3.63, 3.8) is 0 Å². The number of hydrogen-bond acceptors (Lipinski definition) is 5. The van der Waals surface area contributed by atoms with Gasteiger partial charge in [-0.1, -0.05) is 24.3 Å². The van der Waals surface area contributed by atoms with Crippen molar-refractivity contribution in [1.29, 1.82) is 0 Å². The molecular weight excluding hydrogens is 372 g/mol. The molecule has 5 rings (SSSR count). The number of nitrogen functional groups attached to an aromatic ring is 1. The first-order chi connectivity index (χ1) is 14.8. The molecular formula is C25H28N4O. The molecule has 0 aliphatic carbocycles. The normalized spacial score (nSPS) is 24.1. The van der Waals surface area contributed by atoms with Gasteiger partial charge in [-0.3, -0.25) is 4.98 Å². The number of ether oxygens (including phenoxy) is 1. The van der Waals surface area contributed by atoms with Crippen LogP contribution in [-0.4, -0.2) is 35.8 Å². The fraction of sp³-hybridized carbons (Fsp3) is 0.360. The third-order valence-electron chi connectivity index (χ3n) is 6.56. The van der Waals surface area contributed by atoms with Gasteiger partial charge < -0.3 is 15.8 Å². The molecule has 3 aromatic rings. The summed E-state index contributed by atoms with van der Waals surface area (Å²) in [5.41, 5.74) is 11.8. The van der Waals surface area contributed by atoms with Crippen molar-refractivity contribution < 1.29 is 4.74 Å². The lowest BCUT2D eigenvalue weighted by Gasteiger charge is -2.33. The van der Waals surface area contributed by atoms with Crippen molar-refractivity contribution in [2.75, 3.05) is 25.4 Å². The Kier molecular flexibility index (Phi) is 5.47. The monoisotopic (exact) mass is 400 g/mol. The minimum Gasteiger partial charge on any atom is -0.383 e. The second-order valence-corrected chi connectivity index (χ2v) is 8.40. The van der Waals surface area contributed by atoms with E-state index < -0.39 is 0 Å². The van der Waals surface area contributed by atoms with Crippen LogP contribution in [0.25, 0.3) is 22.3 Å². The zero-order valence-electron chi connectivity index (χ0n) is 17.1. The fourth-order valence-electron chi connectivity index (χ4n) is 4.80. The highest BCUT2D eigenvalue weighted by Gasteiger charge is 2.31. The van der Waals surface area contributed by atoms with E-state index in [9.17, 15) is 0 Å². The van der Waals surface area contributed by atoms with Crippen molar-refractivity contribution in [3.8, 4) is 22.3 Å². The number of nitrogens with two attached hydrogens (primary N) is 1. The summed E-state index contributed by atoms with van der Waals surface area (Å²) < 4.78 is 6.11. The summed E-state index contributed by atoms with van der Waals surface area (Å²) in [4.78, 5) is 8.53. The number of nitrogens with zero attached hydrogens (tertiary/aromatic N) is 2. The van der Waals surface area contributed by atoms with Crippen molar-refractivity contribution in [2.24, 2.45) is 5.92 Å². The molecule has 3 atom stereocenters. The molecule has 0 radical (unpaired) electrons. The summed E-state index contributed by atoms with van der Waals surface area (Å²) in [7, 11) is 0. The van der Waals surface area contributed by atoms with Crippen LogP contribution >= 0.6 is 0 Å². The first-order valence-electron chi connectivity index (χ1n) is 10.9. The summed E-state index contributed by atoms with van der Waals surface area (Å²) in [6.45, 7) is 3.09. The van der Waals surface area contributed by atoms with E-state index in [-0.39, 0.29) is 0 Å². The zero-order chi connectivity index (χ0) is 20.3. The highest BCUT2D eigenvalue weighted by molar-refractivity contribution is 5.79. The first-order valence-corrected chi connectivity index (χ1v) is 10.9. The summed E-state index contributed by atoms with van der Waals surface area (Å²) in [5.74, 6) is 1.78. The first kappa shape index (κ1) is 19.2. The maximum Gasteiger partial charge on any atom is 0.131 e. The van der Waals surface area contributed by atoms with E-state index in [1.807, 2.05) is 18.3 Å². The number of benzene rings is 1. The molecule has 2 aromatic heterocycles. The maximum absolute atomic E-state index is 6.14. The highest BCUT2D eigenvalue weighted by Crippen LogP contribution is 2.36. The minimum absolute atomic E-state index is 0.391. The van der Waals surface area contributed by atoms with E-state index in [1.54, 1.807) is 12.4 Å².